The highest BCUT2D eigenvalue weighted by Crippen LogP contribution is 2.25. The van der Waals surface area contributed by atoms with Crippen molar-refractivity contribution in [3.05, 3.63) is 101 Å². The van der Waals surface area contributed by atoms with Gasteiger partial charge in [-0.05, 0) is 47.4 Å². The molecule has 1 heterocycles. The lowest BCUT2D eigenvalue weighted by Crippen LogP contribution is -2.35. The monoisotopic (exact) mass is 343 g/mol. The minimum atomic E-state index is 0.0978. The zero-order valence-corrected chi connectivity index (χ0v) is 14.6. The third-order valence-electron chi connectivity index (χ3n) is 4.75. The lowest BCUT2D eigenvalue weighted by atomic mass is 9.98. The van der Waals surface area contributed by atoms with Crippen molar-refractivity contribution >= 4 is 5.91 Å². The second kappa shape index (κ2) is 7.44. The molecule has 0 saturated carbocycles. The Morgan fingerprint density at radius 3 is 2.38 bits per heavy atom. The molecule has 3 nitrogen and oxygen atoms in total. The Labute approximate surface area is 153 Å². The van der Waals surface area contributed by atoms with Gasteiger partial charge in [0.1, 0.15) is 12.4 Å². The topological polar surface area (TPSA) is 29.5 Å². The molecule has 1 aliphatic rings. The minimum Gasteiger partial charge on any atom is -0.489 e. The number of carbonyl (C=O) groups is 1. The van der Waals surface area contributed by atoms with Crippen LogP contribution in [0.5, 0.6) is 5.75 Å². The van der Waals surface area contributed by atoms with E-state index in [2.05, 4.69) is 24.3 Å². The highest BCUT2D eigenvalue weighted by atomic mass is 16.5. The van der Waals surface area contributed by atoms with Crippen LogP contribution in [0.2, 0.25) is 0 Å². The number of amides is 1. The number of hydrogen-bond donors (Lipinski definition) is 0. The summed E-state index contributed by atoms with van der Waals surface area (Å²) in [6.07, 6.45) is 0.858. The molecule has 0 spiro atoms. The maximum Gasteiger partial charge on any atom is 0.254 e. The summed E-state index contributed by atoms with van der Waals surface area (Å²) in [6, 6.07) is 25.8. The van der Waals surface area contributed by atoms with Gasteiger partial charge in [-0.25, -0.2) is 0 Å². The summed E-state index contributed by atoms with van der Waals surface area (Å²) in [5.41, 5.74) is 4.38. The molecule has 0 fully saturated rings. The van der Waals surface area contributed by atoms with Gasteiger partial charge in [0.05, 0.1) is 0 Å². The number of fused-ring (bicyclic) bond motifs is 1. The van der Waals surface area contributed by atoms with E-state index in [1.165, 1.54) is 11.1 Å². The number of benzene rings is 3. The first-order valence-corrected chi connectivity index (χ1v) is 8.92. The number of nitrogens with zero attached hydrogens (tertiary/aromatic N) is 1. The summed E-state index contributed by atoms with van der Waals surface area (Å²) in [4.78, 5) is 14.6. The minimum absolute atomic E-state index is 0.0978. The van der Waals surface area contributed by atoms with Crippen LogP contribution in [0.25, 0.3) is 0 Å². The first kappa shape index (κ1) is 16.4. The molecule has 0 radical (unpaired) electrons. The van der Waals surface area contributed by atoms with Gasteiger partial charge >= 0.3 is 0 Å². The molecule has 4 rings (SSSR count). The van der Waals surface area contributed by atoms with E-state index >= 15 is 0 Å². The van der Waals surface area contributed by atoms with Crippen molar-refractivity contribution in [2.24, 2.45) is 0 Å². The largest absolute Gasteiger partial charge is 0.489 e. The van der Waals surface area contributed by atoms with E-state index in [1.807, 2.05) is 59.5 Å². The van der Waals surface area contributed by atoms with Crippen LogP contribution in [0.1, 0.15) is 27.0 Å². The number of carbonyl (C=O) groups excluding carboxylic acids is 1. The zero-order chi connectivity index (χ0) is 17.8. The van der Waals surface area contributed by atoms with E-state index < -0.39 is 0 Å². The maximum atomic E-state index is 12.6. The molecule has 3 aromatic rings. The van der Waals surface area contributed by atoms with Gasteiger partial charge in [0.2, 0.25) is 0 Å². The maximum absolute atomic E-state index is 12.6. The Morgan fingerprint density at radius 2 is 1.62 bits per heavy atom. The molecule has 3 aromatic carbocycles. The summed E-state index contributed by atoms with van der Waals surface area (Å²) in [5.74, 6) is 0.982. The summed E-state index contributed by atoms with van der Waals surface area (Å²) < 4.78 is 5.92. The Kier molecular flexibility index (Phi) is 4.69. The lowest BCUT2D eigenvalue weighted by Gasteiger charge is -2.29. The van der Waals surface area contributed by atoms with E-state index in [-0.39, 0.29) is 5.91 Å². The fourth-order valence-electron chi connectivity index (χ4n) is 3.30. The van der Waals surface area contributed by atoms with Gasteiger partial charge in [-0.1, -0.05) is 54.6 Å². The molecular weight excluding hydrogens is 322 g/mol. The molecule has 0 bridgehead atoms. The quantitative estimate of drug-likeness (QED) is 0.700. The van der Waals surface area contributed by atoms with Gasteiger partial charge in [-0.3, -0.25) is 4.79 Å². The van der Waals surface area contributed by atoms with E-state index in [1.54, 1.807) is 0 Å². The van der Waals surface area contributed by atoms with Crippen molar-refractivity contribution < 1.29 is 9.53 Å². The van der Waals surface area contributed by atoms with Crippen molar-refractivity contribution in [2.75, 3.05) is 6.54 Å². The molecule has 0 aliphatic carbocycles. The van der Waals surface area contributed by atoms with Crippen LogP contribution in [0, 0.1) is 0 Å². The smallest absolute Gasteiger partial charge is 0.254 e. The molecule has 3 heteroatoms. The summed E-state index contributed by atoms with van der Waals surface area (Å²) in [5, 5.41) is 0. The normalized spacial score (nSPS) is 13.2. The molecule has 0 aromatic heterocycles. The average molecular weight is 343 g/mol. The standard InChI is InChI=1S/C23H21NO2/c25-23(19-9-5-2-6-10-19)24-14-13-20-15-22(12-11-21(20)16-24)26-17-18-7-3-1-4-8-18/h1-12,15H,13-14,16-17H2. The van der Waals surface area contributed by atoms with Gasteiger partial charge in [0.15, 0.2) is 0 Å². The molecule has 0 saturated heterocycles. The van der Waals surface area contributed by atoms with E-state index in [9.17, 15) is 4.79 Å². The van der Waals surface area contributed by atoms with Crippen LogP contribution in [-0.2, 0) is 19.6 Å². The summed E-state index contributed by atoms with van der Waals surface area (Å²) in [6.45, 7) is 1.96. The Balaban J connectivity index is 1.43. The van der Waals surface area contributed by atoms with E-state index in [0.29, 0.717) is 13.2 Å². The molecule has 0 N–H and O–H groups in total. The first-order valence-electron chi connectivity index (χ1n) is 8.92. The second-order valence-corrected chi connectivity index (χ2v) is 6.55. The van der Waals surface area contributed by atoms with Gasteiger partial charge in [-0.2, -0.15) is 0 Å². The third kappa shape index (κ3) is 3.62. The fraction of sp³-hybridized carbons (Fsp3) is 0.174. The Hall–Kier alpha value is -3.07. The number of hydrogen-bond acceptors (Lipinski definition) is 2. The van der Waals surface area contributed by atoms with Crippen molar-refractivity contribution in [1.29, 1.82) is 0 Å². The highest BCUT2D eigenvalue weighted by molar-refractivity contribution is 5.94. The van der Waals surface area contributed by atoms with Crippen molar-refractivity contribution in [3.63, 3.8) is 0 Å². The highest BCUT2D eigenvalue weighted by Gasteiger charge is 2.22. The van der Waals surface area contributed by atoms with Gasteiger partial charge < -0.3 is 9.64 Å². The third-order valence-corrected chi connectivity index (χ3v) is 4.75. The predicted octanol–water partition coefficient (Wildman–Crippen LogP) is 4.46. The number of ether oxygens (including phenoxy) is 1. The SMILES string of the molecule is O=C(c1ccccc1)N1CCc2cc(OCc3ccccc3)ccc2C1. The van der Waals surface area contributed by atoms with Crippen LogP contribution >= 0.6 is 0 Å². The Morgan fingerprint density at radius 1 is 0.885 bits per heavy atom. The van der Waals surface area contributed by atoms with E-state index in [0.717, 1.165) is 29.8 Å². The lowest BCUT2D eigenvalue weighted by molar-refractivity contribution is 0.0734. The van der Waals surface area contributed by atoms with Crippen molar-refractivity contribution in [1.82, 2.24) is 4.90 Å². The molecular formula is C23H21NO2. The first-order chi connectivity index (χ1) is 12.8. The summed E-state index contributed by atoms with van der Waals surface area (Å²) in [7, 11) is 0. The van der Waals surface area contributed by atoms with Crippen LogP contribution in [0.15, 0.2) is 78.9 Å². The van der Waals surface area contributed by atoms with Gasteiger partial charge in [-0.15, -0.1) is 0 Å². The molecule has 130 valence electrons. The fourth-order valence-corrected chi connectivity index (χ4v) is 3.30. The molecule has 0 unspecified atom stereocenters. The van der Waals surface area contributed by atoms with Crippen LogP contribution in [0.3, 0.4) is 0 Å². The van der Waals surface area contributed by atoms with Crippen LogP contribution in [-0.4, -0.2) is 17.4 Å². The zero-order valence-electron chi connectivity index (χ0n) is 14.6. The number of rotatable bonds is 4. The molecule has 0 atom stereocenters. The average Bonchev–Trinajstić information content (AvgIpc) is 2.72. The Bertz CT molecular complexity index is 891. The van der Waals surface area contributed by atoms with E-state index in [4.69, 9.17) is 4.74 Å². The molecule has 1 aliphatic heterocycles. The van der Waals surface area contributed by atoms with Gasteiger partial charge in [0, 0.05) is 18.7 Å². The van der Waals surface area contributed by atoms with Crippen LogP contribution in [0.4, 0.5) is 0 Å². The molecule has 26 heavy (non-hydrogen) atoms. The van der Waals surface area contributed by atoms with Gasteiger partial charge in [0.25, 0.3) is 5.91 Å². The van der Waals surface area contributed by atoms with Crippen LogP contribution < -0.4 is 4.74 Å². The summed E-state index contributed by atoms with van der Waals surface area (Å²) >= 11 is 0. The van der Waals surface area contributed by atoms with Crippen molar-refractivity contribution in [3.8, 4) is 5.75 Å². The molecule has 1 amide bonds. The van der Waals surface area contributed by atoms with Crippen molar-refractivity contribution in [2.45, 2.75) is 19.6 Å². The second-order valence-electron chi connectivity index (χ2n) is 6.55. The predicted molar refractivity (Wildman–Crippen MR) is 102 cm³/mol.